The first-order valence-electron chi connectivity index (χ1n) is 10.5. The lowest BCUT2D eigenvalue weighted by Crippen LogP contribution is -2.13. The average Bonchev–Trinajstić information content (AvgIpc) is 3.22. The van der Waals surface area contributed by atoms with E-state index in [-0.39, 0.29) is 18.7 Å². The predicted molar refractivity (Wildman–Crippen MR) is 125 cm³/mol. The minimum atomic E-state index is -0.221. The Balaban J connectivity index is 1.73. The first-order valence-corrected chi connectivity index (χ1v) is 10.5. The van der Waals surface area contributed by atoms with Gasteiger partial charge >= 0.3 is 0 Å². The number of methoxy groups -OCH3 is 1. The largest absolute Gasteiger partial charge is 0.468 e. The van der Waals surface area contributed by atoms with Crippen LogP contribution in [0.2, 0.25) is 0 Å². The van der Waals surface area contributed by atoms with E-state index in [1.807, 2.05) is 55.8 Å². The number of carbonyl (C=O) groups excluding carboxylic acids is 1. The lowest BCUT2D eigenvalue weighted by Gasteiger charge is -2.12. The number of anilines is 1. The topological polar surface area (TPSA) is 78.3 Å². The van der Waals surface area contributed by atoms with Gasteiger partial charge in [-0.15, -0.1) is 0 Å². The van der Waals surface area contributed by atoms with Crippen LogP contribution in [0.1, 0.15) is 35.8 Å². The summed E-state index contributed by atoms with van der Waals surface area (Å²) in [5, 5.41) is 8.18. The summed E-state index contributed by atoms with van der Waals surface area (Å²) in [4.78, 5) is 18.2. The molecule has 2 heterocycles. The van der Waals surface area contributed by atoms with Gasteiger partial charge in [-0.1, -0.05) is 24.3 Å². The predicted octanol–water partition coefficient (Wildman–Crippen LogP) is 5.22. The molecule has 0 saturated heterocycles. The van der Waals surface area contributed by atoms with Crippen LogP contribution >= 0.6 is 0 Å². The minimum absolute atomic E-state index is 0.114. The molecular weight excluding hydrogens is 404 g/mol. The second-order valence-corrected chi connectivity index (χ2v) is 7.82. The van der Waals surface area contributed by atoms with Crippen LogP contribution in [-0.2, 0) is 4.74 Å². The maximum atomic E-state index is 13.3. The summed E-state index contributed by atoms with van der Waals surface area (Å²) in [6, 6.07) is 17.1. The number of nitrogens with zero attached hydrogens (tertiary/aromatic N) is 3. The molecule has 0 aliphatic heterocycles. The zero-order valence-electron chi connectivity index (χ0n) is 18.6. The number of aromatic nitrogens is 3. The van der Waals surface area contributed by atoms with Crippen molar-refractivity contribution in [1.82, 2.24) is 14.8 Å². The third kappa shape index (κ3) is 4.33. The summed E-state index contributed by atoms with van der Waals surface area (Å²) in [7, 11) is 1.57. The van der Waals surface area contributed by atoms with Gasteiger partial charge in [-0.05, 0) is 56.7 Å². The fourth-order valence-corrected chi connectivity index (χ4v) is 3.54. The second kappa shape index (κ2) is 9.20. The van der Waals surface area contributed by atoms with Gasteiger partial charge in [-0.2, -0.15) is 5.10 Å². The monoisotopic (exact) mass is 430 g/mol. The molecule has 0 atom stereocenters. The first kappa shape index (κ1) is 21.5. The molecule has 7 heteroatoms. The number of fused-ring (bicyclic) bond motifs is 1. The molecule has 0 fully saturated rings. The molecule has 0 aliphatic carbocycles. The van der Waals surface area contributed by atoms with Gasteiger partial charge in [0.2, 0.25) is 0 Å². The van der Waals surface area contributed by atoms with Crippen LogP contribution in [0.25, 0.3) is 22.3 Å². The van der Waals surface area contributed by atoms with Gasteiger partial charge in [-0.25, -0.2) is 9.67 Å². The number of aryl methyl sites for hydroxylation is 1. The van der Waals surface area contributed by atoms with Crippen molar-refractivity contribution >= 4 is 22.6 Å². The molecule has 4 aromatic rings. The first-order chi connectivity index (χ1) is 15.5. The zero-order valence-corrected chi connectivity index (χ0v) is 18.6. The van der Waals surface area contributed by atoms with E-state index in [4.69, 9.17) is 14.5 Å². The van der Waals surface area contributed by atoms with Gasteiger partial charge in [-0.3, -0.25) is 4.79 Å². The Kier molecular flexibility index (Phi) is 6.18. The van der Waals surface area contributed by atoms with E-state index in [1.165, 1.54) is 0 Å². The molecule has 0 saturated carbocycles. The van der Waals surface area contributed by atoms with E-state index in [1.54, 1.807) is 37.6 Å². The van der Waals surface area contributed by atoms with Crippen LogP contribution in [0.3, 0.4) is 0 Å². The summed E-state index contributed by atoms with van der Waals surface area (Å²) >= 11 is 0. The smallest absolute Gasteiger partial charge is 0.256 e. The van der Waals surface area contributed by atoms with Crippen LogP contribution in [0.5, 0.6) is 5.75 Å². The molecule has 1 N–H and O–H groups in total. The van der Waals surface area contributed by atoms with Crippen LogP contribution in [0.15, 0.2) is 60.8 Å². The molecule has 0 aliphatic rings. The summed E-state index contributed by atoms with van der Waals surface area (Å²) in [6.07, 6.45) is 1.71. The lowest BCUT2D eigenvalue weighted by molar-refractivity contribution is 0.0511. The van der Waals surface area contributed by atoms with Crippen molar-refractivity contribution in [2.75, 3.05) is 19.2 Å². The number of rotatable bonds is 7. The van der Waals surface area contributed by atoms with E-state index in [2.05, 4.69) is 10.4 Å². The summed E-state index contributed by atoms with van der Waals surface area (Å²) in [5.41, 5.74) is 4.70. The molecule has 164 valence electrons. The second-order valence-electron chi connectivity index (χ2n) is 7.82. The highest BCUT2D eigenvalue weighted by Crippen LogP contribution is 2.29. The zero-order chi connectivity index (χ0) is 22.7. The van der Waals surface area contributed by atoms with E-state index >= 15 is 0 Å². The highest BCUT2D eigenvalue weighted by Gasteiger charge is 2.19. The van der Waals surface area contributed by atoms with E-state index < -0.39 is 0 Å². The van der Waals surface area contributed by atoms with Crippen LogP contribution in [-0.4, -0.2) is 34.6 Å². The van der Waals surface area contributed by atoms with E-state index in [0.717, 1.165) is 16.8 Å². The molecule has 4 rings (SSSR count). The van der Waals surface area contributed by atoms with E-state index in [0.29, 0.717) is 28.0 Å². The van der Waals surface area contributed by atoms with Crippen molar-refractivity contribution in [1.29, 1.82) is 0 Å². The Hall–Kier alpha value is -3.71. The molecule has 2 aromatic heterocycles. The maximum Gasteiger partial charge on any atom is 0.256 e. The maximum absolute atomic E-state index is 13.3. The van der Waals surface area contributed by atoms with Crippen molar-refractivity contribution < 1.29 is 14.3 Å². The molecule has 1 amide bonds. The minimum Gasteiger partial charge on any atom is -0.468 e. The molecule has 32 heavy (non-hydrogen) atoms. The molecule has 0 unspecified atom stereocenters. The van der Waals surface area contributed by atoms with E-state index in [9.17, 15) is 4.79 Å². The number of hydrogen-bond acceptors (Lipinski definition) is 5. The quantitative estimate of drug-likeness (QED) is 0.407. The van der Waals surface area contributed by atoms with Crippen molar-refractivity contribution in [3.8, 4) is 17.0 Å². The number of carbonyl (C=O) groups is 1. The Morgan fingerprint density at radius 1 is 1.12 bits per heavy atom. The Labute approximate surface area is 187 Å². The van der Waals surface area contributed by atoms with Gasteiger partial charge in [0, 0.05) is 24.4 Å². The summed E-state index contributed by atoms with van der Waals surface area (Å²) in [6.45, 7) is 6.29. The summed E-state index contributed by atoms with van der Waals surface area (Å²) in [5.74, 6) is 0.442. The van der Waals surface area contributed by atoms with Gasteiger partial charge in [0.25, 0.3) is 5.91 Å². The number of nitrogens with one attached hydrogen (secondary N) is 1. The molecular formula is C25H26N4O3. The number of hydrogen-bond donors (Lipinski definition) is 1. The third-order valence-corrected chi connectivity index (χ3v) is 5.18. The van der Waals surface area contributed by atoms with Gasteiger partial charge in [0.05, 0.1) is 22.8 Å². The fraction of sp³-hybridized carbons (Fsp3) is 0.240. The van der Waals surface area contributed by atoms with Crippen molar-refractivity contribution in [2.45, 2.75) is 26.8 Å². The number of ether oxygens (including phenoxy) is 2. The van der Waals surface area contributed by atoms with Crippen LogP contribution in [0.4, 0.5) is 5.69 Å². The van der Waals surface area contributed by atoms with Crippen molar-refractivity contribution in [3.63, 3.8) is 0 Å². The number of benzene rings is 2. The Bertz CT molecular complexity index is 1250. The van der Waals surface area contributed by atoms with Gasteiger partial charge in [0.15, 0.2) is 12.4 Å². The van der Waals surface area contributed by atoms with Gasteiger partial charge in [0.1, 0.15) is 5.75 Å². The van der Waals surface area contributed by atoms with Crippen molar-refractivity contribution in [2.24, 2.45) is 0 Å². The van der Waals surface area contributed by atoms with Crippen LogP contribution < -0.4 is 10.1 Å². The molecule has 7 nitrogen and oxygen atoms in total. The normalized spacial score (nSPS) is 11.2. The van der Waals surface area contributed by atoms with Gasteiger partial charge < -0.3 is 14.8 Å². The van der Waals surface area contributed by atoms with Crippen molar-refractivity contribution in [3.05, 3.63) is 71.9 Å². The number of amides is 1. The standard InChI is InChI=1S/C25H26N4O3/c1-16(2)29-24-22(14-26-29)21(13-23(28-24)20-8-6-5-7-17(20)3)25(30)27-18-9-11-19(12-10-18)32-15-31-4/h5-14,16H,15H2,1-4H3,(H,27,30). The van der Waals surface area contributed by atoms with Crippen LogP contribution in [0, 0.1) is 6.92 Å². The third-order valence-electron chi connectivity index (χ3n) is 5.18. The Morgan fingerprint density at radius 3 is 2.56 bits per heavy atom. The molecule has 0 radical (unpaired) electrons. The SMILES string of the molecule is COCOc1ccc(NC(=O)c2cc(-c3ccccc3C)nc3c2cnn3C(C)C)cc1. The number of pyridine rings is 1. The summed E-state index contributed by atoms with van der Waals surface area (Å²) < 4.78 is 12.2. The average molecular weight is 431 g/mol. The Morgan fingerprint density at radius 2 is 1.88 bits per heavy atom. The molecule has 0 bridgehead atoms. The highest BCUT2D eigenvalue weighted by molar-refractivity contribution is 6.12. The molecule has 2 aromatic carbocycles. The lowest BCUT2D eigenvalue weighted by atomic mass is 10.0. The highest BCUT2D eigenvalue weighted by atomic mass is 16.7. The molecule has 0 spiro atoms. The fourth-order valence-electron chi connectivity index (χ4n) is 3.54.